The summed E-state index contributed by atoms with van der Waals surface area (Å²) in [6.07, 6.45) is 2.30. The highest BCUT2D eigenvalue weighted by Crippen LogP contribution is 2.26. The van der Waals surface area contributed by atoms with Crippen LogP contribution < -0.4 is 4.98 Å². The van der Waals surface area contributed by atoms with Crippen molar-refractivity contribution in [1.29, 1.82) is 0 Å². The molecule has 0 bridgehead atoms. The first-order chi connectivity index (χ1) is 6.91. The monoisotopic (exact) mass is 249 g/mol. The molecule has 90 valence electrons. The molecule has 0 aromatic carbocycles. The Morgan fingerprint density at radius 2 is 1.87 bits per heavy atom. The Morgan fingerprint density at radius 1 is 1.27 bits per heavy atom. The van der Waals surface area contributed by atoms with Crippen molar-refractivity contribution >= 4 is 17.0 Å². The Kier molecular flexibility index (Phi) is 4.51. The fraction of sp³-hybridized carbons (Fsp3) is 1.00. The Labute approximate surface area is 94.8 Å². The fourth-order valence-electron chi connectivity index (χ4n) is 1.81. The minimum absolute atomic E-state index is 0.122. The number of nitrogens with one attached hydrogen (secondary N) is 1. The van der Waals surface area contributed by atoms with Gasteiger partial charge in [0, 0.05) is 20.3 Å². The van der Waals surface area contributed by atoms with Crippen LogP contribution in [0.4, 0.5) is 0 Å². The van der Waals surface area contributed by atoms with Gasteiger partial charge in [-0.15, -0.1) is 0 Å². The van der Waals surface area contributed by atoms with Crippen molar-refractivity contribution in [3.63, 3.8) is 0 Å². The Bertz CT molecular complexity index is 204. The summed E-state index contributed by atoms with van der Waals surface area (Å²) in [6, 6.07) is 0.934. The van der Waals surface area contributed by atoms with Crippen molar-refractivity contribution < 1.29 is 13.3 Å². The molecule has 1 fully saturated rings. The van der Waals surface area contributed by atoms with E-state index in [2.05, 4.69) is 24.6 Å². The first-order valence-electron chi connectivity index (χ1n) is 5.47. The van der Waals surface area contributed by atoms with E-state index in [1.807, 2.05) is 0 Å². The number of hydrogen-bond donors (Lipinski definition) is 1. The lowest BCUT2D eigenvalue weighted by atomic mass is 10.3. The minimum atomic E-state index is -2.33. The van der Waals surface area contributed by atoms with Gasteiger partial charge in [-0.3, -0.25) is 0 Å². The van der Waals surface area contributed by atoms with E-state index in [1.54, 1.807) is 14.2 Å². The molecular formula is C9H23NO3Si2. The van der Waals surface area contributed by atoms with Gasteiger partial charge in [-0.25, -0.2) is 0 Å². The van der Waals surface area contributed by atoms with Crippen molar-refractivity contribution in [2.24, 2.45) is 0 Å². The molecule has 1 N–H and O–H groups in total. The van der Waals surface area contributed by atoms with Gasteiger partial charge in [0.15, 0.2) is 0 Å². The second-order valence-corrected chi connectivity index (χ2v) is 12.7. The molecule has 0 saturated carbocycles. The maximum absolute atomic E-state index is 5.97. The van der Waals surface area contributed by atoms with Crippen molar-refractivity contribution in [2.45, 2.75) is 44.8 Å². The third kappa shape index (κ3) is 3.97. The van der Waals surface area contributed by atoms with Crippen molar-refractivity contribution in [3.8, 4) is 0 Å². The van der Waals surface area contributed by atoms with E-state index in [9.17, 15) is 0 Å². The topological polar surface area (TPSA) is 39.7 Å². The second kappa shape index (κ2) is 5.07. The smallest absolute Gasteiger partial charge is 0.377 e. The van der Waals surface area contributed by atoms with E-state index in [1.165, 1.54) is 0 Å². The van der Waals surface area contributed by atoms with E-state index < -0.39 is 17.0 Å². The Balaban J connectivity index is 2.55. The molecule has 0 radical (unpaired) electrons. The highest BCUT2D eigenvalue weighted by atomic mass is 28.4. The maximum Gasteiger partial charge on any atom is 0.501 e. The number of hydrogen-bond acceptors (Lipinski definition) is 4. The van der Waals surface area contributed by atoms with Gasteiger partial charge in [0.2, 0.25) is 0 Å². The van der Waals surface area contributed by atoms with Crippen molar-refractivity contribution in [1.82, 2.24) is 4.98 Å². The van der Waals surface area contributed by atoms with Crippen LogP contribution in [0.1, 0.15) is 12.8 Å². The fourth-order valence-corrected chi connectivity index (χ4v) is 5.23. The molecule has 1 unspecified atom stereocenters. The number of rotatable bonds is 4. The lowest BCUT2D eigenvalue weighted by Gasteiger charge is -2.38. The summed E-state index contributed by atoms with van der Waals surface area (Å²) in [4.78, 5) is 3.57. The SMILES string of the molecule is CO[Si]1(OC)CCCC(N[Si](C)(C)C)O1. The van der Waals surface area contributed by atoms with Gasteiger partial charge >= 0.3 is 8.80 Å². The van der Waals surface area contributed by atoms with Gasteiger partial charge in [0.1, 0.15) is 8.24 Å². The predicted octanol–water partition coefficient (Wildman–Crippen LogP) is 1.78. The highest BCUT2D eigenvalue weighted by Gasteiger charge is 2.44. The first kappa shape index (κ1) is 13.3. The molecule has 0 aromatic heterocycles. The molecule has 1 rings (SSSR count). The molecule has 1 atom stereocenters. The molecule has 1 aliphatic rings. The first-order valence-corrected chi connectivity index (χ1v) is 10.9. The van der Waals surface area contributed by atoms with Gasteiger partial charge in [-0.1, -0.05) is 19.6 Å². The minimum Gasteiger partial charge on any atom is -0.377 e. The third-order valence-corrected chi connectivity index (χ3v) is 6.53. The van der Waals surface area contributed by atoms with Gasteiger partial charge < -0.3 is 18.3 Å². The Morgan fingerprint density at radius 3 is 2.33 bits per heavy atom. The zero-order chi connectivity index (χ0) is 11.5. The zero-order valence-electron chi connectivity index (χ0n) is 10.4. The highest BCUT2D eigenvalue weighted by molar-refractivity contribution is 6.73. The van der Waals surface area contributed by atoms with Crippen LogP contribution in [0.2, 0.25) is 25.7 Å². The average Bonchev–Trinajstić information content (AvgIpc) is 2.15. The van der Waals surface area contributed by atoms with Crippen LogP contribution in [0.15, 0.2) is 0 Å². The molecule has 0 spiro atoms. The predicted molar refractivity (Wildman–Crippen MR) is 65.2 cm³/mol. The van der Waals surface area contributed by atoms with Crippen LogP contribution in [-0.4, -0.2) is 37.5 Å². The van der Waals surface area contributed by atoms with Gasteiger partial charge in [-0.2, -0.15) is 0 Å². The molecule has 0 aromatic rings. The quantitative estimate of drug-likeness (QED) is 0.771. The van der Waals surface area contributed by atoms with Gasteiger partial charge in [0.25, 0.3) is 0 Å². The van der Waals surface area contributed by atoms with Gasteiger partial charge in [-0.05, 0) is 12.8 Å². The summed E-state index contributed by atoms with van der Waals surface area (Å²) in [5, 5.41) is 0. The van der Waals surface area contributed by atoms with E-state index in [0.29, 0.717) is 0 Å². The summed E-state index contributed by atoms with van der Waals surface area (Å²) < 4.78 is 16.9. The summed E-state index contributed by atoms with van der Waals surface area (Å²) in [5.41, 5.74) is 0. The summed E-state index contributed by atoms with van der Waals surface area (Å²) in [7, 11) is -0.256. The molecule has 1 saturated heterocycles. The second-order valence-electron chi connectivity index (χ2n) is 4.98. The average molecular weight is 249 g/mol. The third-order valence-electron chi connectivity index (χ3n) is 2.49. The molecule has 1 heterocycles. The lowest BCUT2D eigenvalue weighted by Crippen LogP contribution is -2.58. The van der Waals surface area contributed by atoms with Crippen molar-refractivity contribution in [3.05, 3.63) is 0 Å². The maximum atomic E-state index is 5.97. The summed E-state index contributed by atoms with van der Waals surface area (Å²) in [5.74, 6) is 0. The molecule has 4 nitrogen and oxygen atoms in total. The standard InChI is InChI=1S/C9H23NO3Si2/c1-11-15(12-2)8-6-7-9(13-15)10-14(3,4)5/h9-10H,6-8H2,1-5H3. The Hall–Kier alpha value is 0.274. The summed E-state index contributed by atoms with van der Waals surface area (Å²) in [6.45, 7) is 6.81. The largest absolute Gasteiger partial charge is 0.501 e. The van der Waals surface area contributed by atoms with E-state index in [4.69, 9.17) is 13.3 Å². The van der Waals surface area contributed by atoms with Crippen LogP contribution in [0.25, 0.3) is 0 Å². The van der Waals surface area contributed by atoms with Crippen LogP contribution in [0.5, 0.6) is 0 Å². The summed E-state index contributed by atoms with van der Waals surface area (Å²) >= 11 is 0. The molecule has 1 aliphatic heterocycles. The van der Waals surface area contributed by atoms with Crippen molar-refractivity contribution in [2.75, 3.05) is 14.2 Å². The van der Waals surface area contributed by atoms with E-state index in [-0.39, 0.29) is 6.23 Å². The zero-order valence-corrected chi connectivity index (χ0v) is 12.4. The molecule has 15 heavy (non-hydrogen) atoms. The molecule has 6 heteroatoms. The van der Waals surface area contributed by atoms with Gasteiger partial charge in [0.05, 0.1) is 6.23 Å². The molecular weight excluding hydrogens is 226 g/mol. The normalized spacial score (nSPS) is 26.6. The van der Waals surface area contributed by atoms with Crippen LogP contribution in [0.3, 0.4) is 0 Å². The lowest BCUT2D eigenvalue weighted by molar-refractivity contribution is 0.0275. The van der Waals surface area contributed by atoms with E-state index >= 15 is 0 Å². The molecule has 0 amide bonds. The van der Waals surface area contributed by atoms with Crippen LogP contribution in [-0.2, 0) is 13.3 Å². The van der Waals surface area contributed by atoms with Crippen LogP contribution in [0, 0.1) is 0 Å². The van der Waals surface area contributed by atoms with E-state index in [0.717, 1.165) is 18.9 Å². The van der Waals surface area contributed by atoms with Crippen LogP contribution >= 0.6 is 0 Å². The molecule has 0 aliphatic carbocycles.